The first-order chi connectivity index (χ1) is 15.0. The van der Waals surface area contributed by atoms with Gasteiger partial charge >= 0.3 is 0 Å². The van der Waals surface area contributed by atoms with Crippen molar-refractivity contribution in [3.8, 4) is 17.0 Å². The van der Waals surface area contributed by atoms with Gasteiger partial charge < -0.3 is 14.5 Å². The molecule has 0 N–H and O–H groups in total. The van der Waals surface area contributed by atoms with Crippen molar-refractivity contribution in [2.45, 2.75) is 13.5 Å². The predicted octanol–water partition coefficient (Wildman–Crippen LogP) is 2.91. The Morgan fingerprint density at radius 3 is 2.35 bits per heavy atom. The Morgan fingerprint density at radius 1 is 0.968 bits per heavy atom. The van der Waals surface area contributed by atoms with Gasteiger partial charge in [-0.15, -0.1) is 0 Å². The van der Waals surface area contributed by atoms with Gasteiger partial charge in [0.15, 0.2) is 0 Å². The number of piperazine rings is 1. The van der Waals surface area contributed by atoms with Crippen molar-refractivity contribution in [1.82, 2.24) is 19.6 Å². The molecule has 1 aromatic heterocycles. The highest BCUT2D eigenvalue weighted by molar-refractivity contribution is 6.00. The maximum Gasteiger partial charge on any atom is 0.257 e. The molecule has 2 heterocycles. The zero-order valence-electron chi connectivity index (χ0n) is 17.8. The molecule has 0 spiro atoms. The van der Waals surface area contributed by atoms with E-state index < -0.39 is 0 Å². The predicted molar refractivity (Wildman–Crippen MR) is 118 cm³/mol. The highest BCUT2D eigenvalue weighted by Crippen LogP contribution is 2.27. The second-order valence-corrected chi connectivity index (χ2v) is 7.60. The number of hydrogen-bond acceptors (Lipinski definition) is 4. The molecule has 0 bridgehead atoms. The SMILES string of the molecule is COc1cccc(-c2nn(Cc3ccccc3)cc2C(=O)N2CCN(C(C)=O)CC2)c1. The van der Waals surface area contributed by atoms with E-state index in [9.17, 15) is 9.59 Å². The van der Waals surface area contributed by atoms with E-state index in [0.717, 1.165) is 11.1 Å². The van der Waals surface area contributed by atoms with Crippen LogP contribution in [0.15, 0.2) is 60.8 Å². The summed E-state index contributed by atoms with van der Waals surface area (Å²) in [6.45, 7) is 4.26. The van der Waals surface area contributed by atoms with Crippen LogP contribution in [0.5, 0.6) is 5.75 Å². The second kappa shape index (κ2) is 9.04. The number of ether oxygens (including phenoxy) is 1. The van der Waals surface area contributed by atoms with Gasteiger partial charge in [-0.2, -0.15) is 5.10 Å². The van der Waals surface area contributed by atoms with Crippen molar-refractivity contribution in [2.75, 3.05) is 33.3 Å². The van der Waals surface area contributed by atoms with Gasteiger partial charge in [0.05, 0.1) is 19.2 Å². The molecule has 1 fully saturated rings. The number of aromatic nitrogens is 2. The highest BCUT2D eigenvalue weighted by atomic mass is 16.5. The van der Waals surface area contributed by atoms with Gasteiger partial charge in [-0.25, -0.2) is 0 Å². The Bertz CT molecular complexity index is 1070. The van der Waals surface area contributed by atoms with Crippen molar-refractivity contribution in [2.24, 2.45) is 0 Å². The molecular formula is C24H26N4O3. The second-order valence-electron chi connectivity index (χ2n) is 7.60. The number of amides is 2. The van der Waals surface area contributed by atoms with E-state index in [0.29, 0.717) is 49.7 Å². The van der Waals surface area contributed by atoms with Gasteiger partial charge in [0.2, 0.25) is 5.91 Å². The molecule has 0 aliphatic carbocycles. The Balaban J connectivity index is 1.66. The number of methoxy groups -OCH3 is 1. The molecule has 0 saturated carbocycles. The van der Waals surface area contributed by atoms with Crippen LogP contribution in [0.25, 0.3) is 11.3 Å². The lowest BCUT2D eigenvalue weighted by Gasteiger charge is -2.34. The fourth-order valence-corrected chi connectivity index (χ4v) is 3.81. The first-order valence-corrected chi connectivity index (χ1v) is 10.4. The quantitative estimate of drug-likeness (QED) is 0.639. The minimum absolute atomic E-state index is 0.0415. The Kier molecular flexibility index (Phi) is 6.02. The number of hydrogen-bond donors (Lipinski definition) is 0. The molecule has 0 radical (unpaired) electrons. The topological polar surface area (TPSA) is 67.7 Å². The van der Waals surface area contributed by atoms with Crippen LogP contribution < -0.4 is 4.74 Å². The van der Waals surface area contributed by atoms with E-state index in [-0.39, 0.29) is 11.8 Å². The summed E-state index contributed by atoms with van der Waals surface area (Å²) in [5.41, 5.74) is 3.13. The first kappa shape index (κ1) is 20.7. The summed E-state index contributed by atoms with van der Waals surface area (Å²) < 4.78 is 7.17. The van der Waals surface area contributed by atoms with Crippen LogP contribution in [0.1, 0.15) is 22.8 Å². The number of nitrogens with zero attached hydrogens (tertiary/aromatic N) is 4. The van der Waals surface area contributed by atoms with E-state index in [4.69, 9.17) is 9.84 Å². The molecule has 160 valence electrons. The Hall–Kier alpha value is -3.61. The number of rotatable bonds is 5. The zero-order chi connectivity index (χ0) is 21.8. The van der Waals surface area contributed by atoms with Crippen LogP contribution in [-0.4, -0.2) is 64.7 Å². The number of carbonyl (C=O) groups is 2. The van der Waals surface area contributed by atoms with Gasteiger partial charge in [0, 0.05) is 44.9 Å². The Labute approximate surface area is 181 Å². The van der Waals surface area contributed by atoms with E-state index in [2.05, 4.69) is 0 Å². The zero-order valence-corrected chi connectivity index (χ0v) is 17.8. The molecular weight excluding hydrogens is 392 g/mol. The largest absolute Gasteiger partial charge is 0.497 e. The molecule has 1 aliphatic rings. The highest BCUT2D eigenvalue weighted by Gasteiger charge is 2.27. The molecule has 0 unspecified atom stereocenters. The maximum atomic E-state index is 13.4. The van der Waals surface area contributed by atoms with Gasteiger partial charge in [-0.05, 0) is 17.7 Å². The fraction of sp³-hybridized carbons (Fsp3) is 0.292. The van der Waals surface area contributed by atoms with Crippen molar-refractivity contribution in [3.05, 3.63) is 71.9 Å². The molecule has 4 rings (SSSR count). The van der Waals surface area contributed by atoms with Crippen molar-refractivity contribution in [1.29, 1.82) is 0 Å². The van der Waals surface area contributed by atoms with Crippen LogP contribution in [0, 0.1) is 0 Å². The minimum Gasteiger partial charge on any atom is -0.497 e. The molecule has 2 aromatic carbocycles. The van der Waals surface area contributed by atoms with Crippen molar-refractivity contribution >= 4 is 11.8 Å². The molecule has 2 amide bonds. The Morgan fingerprint density at radius 2 is 1.68 bits per heavy atom. The van der Waals surface area contributed by atoms with Gasteiger partial charge in [-0.1, -0.05) is 42.5 Å². The van der Waals surface area contributed by atoms with E-state index in [1.165, 1.54) is 0 Å². The molecule has 1 aliphatic heterocycles. The molecule has 0 atom stereocenters. The van der Waals surface area contributed by atoms with Crippen LogP contribution in [0.4, 0.5) is 0 Å². The third kappa shape index (κ3) is 4.60. The molecule has 1 saturated heterocycles. The maximum absolute atomic E-state index is 13.4. The summed E-state index contributed by atoms with van der Waals surface area (Å²) in [5.74, 6) is 0.684. The molecule has 31 heavy (non-hydrogen) atoms. The van der Waals surface area contributed by atoms with Crippen LogP contribution >= 0.6 is 0 Å². The third-order valence-corrected chi connectivity index (χ3v) is 5.53. The van der Waals surface area contributed by atoms with Gasteiger partial charge in [-0.3, -0.25) is 14.3 Å². The summed E-state index contributed by atoms with van der Waals surface area (Å²) >= 11 is 0. The van der Waals surface area contributed by atoms with E-state index in [1.54, 1.807) is 23.8 Å². The number of carbonyl (C=O) groups excluding carboxylic acids is 2. The summed E-state index contributed by atoms with van der Waals surface area (Å²) in [7, 11) is 1.62. The summed E-state index contributed by atoms with van der Waals surface area (Å²) in [6.07, 6.45) is 1.82. The van der Waals surface area contributed by atoms with Crippen molar-refractivity contribution in [3.63, 3.8) is 0 Å². The smallest absolute Gasteiger partial charge is 0.257 e. The lowest BCUT2D eigenvalue weighted by molar-refractivity contribution is -0.130. The van der Waals surface area contributed by atoms with Crippen LogP contribution in [-0.2, 0) is 11.3 Å². The molecule has 3 aromatic rings. The van der Waals surface area contributed by atoms with Gasteiger partial charge in [0.25, 0.3) is 5.91 Å². The lowest BCUT2D eigenvalue weighted by Crippen LogP contribution is -2.50. The molecule has 7 heteroatoms. The van der Waals surface area contributed by atoms with Crippen molar-refractivity contribution < 1.29 is 14.3 Å². The van der Waals surface area contributed by atoms with Gasteiger partial charge in [0.1, 0.15) is 11.4 Å². The third-order valence-electron chi connectivity index (χ3n) is 5.53. The van der Waals surface area contributed by atoms with Crippen LogP contribution in [0.3, 0.4) is 0 Å². The standard InChI is InChI=1S/C24H26N4O3/c1-18(29)26-11-13-27(14-12-26)24(30)22-17-28(16-19-7-4-3-5-8-19)25-23(22)20-9-6-10-21(15-20)31-2/h3-10,15,17H,11-14,16H2,1-2H3. The lowest BCUT2D eigenvalue weighted by atomic mass is 10.1. The average molecular weight is 418 g/mol. The minimum atomic E-state index is -0.0691. The first-order valence-electron chi connectivity index (χ1n) is 10.4. The summed E-state index contributed by atoms with van der Waals surface area (Å²) in [6, 6.07) is 17.6. The average Bonchev–Trinajstić information content (AvgIpc) is 3.23. The van der Waals surface area contributed by atoms with E-state index >= 15 is 0 Å². The van der Waals surface area contributed by atoms with Crippen LogP contribution in [0.2, 0.25) is 0 Å². The molecule has 7 nitrogen and oxygen atoms in total. The number of benzene rings is 2. The monoisotopic (exact) mass is 418 g/mol. The summed E-state index contributed by atoms with van der Waals surface area (Å²) in [5, 5.41) is 4.76. The van der Waals surface area contributed by atoms with E-state index in [1.807, 2.05) is 65.5 Å². The fourth-order valence-electron chi connectivity index (χ4n) is 3.81. The normalized spacial score (nSPS) is 13.9. The summed E-state index contributed by atoms with van der Waals surface area (Å²) in [4.78, 5) is 28.6.